The topological polar surface area (TPSA) is 118 Å². The predicted molar refractivity (Wildman–Crippen MR) is 143 cm³/mol. The molecule has 2 amide bonds. The number of piperidine rings is 1. The fourth-order valence-corrected chi connectivity index (χ4v) is 7.19. The smallest absolute Gasteiger partial charge is 0.248 e. The lowest BCUT2D eigenvalue weighted by Gasteiger charge is -2.31. The molecule has 1 aromatic carbocycles. The second-order valence-electron chi connectivity index (χ2n) is 9.99. The zero-order valence-electron chi connectivity index (χ0n) is 21.8. The van der Waals surface area contributed by atoms with E-state index in [4.69, 9.17) is 0 Å². The molecule has 0 aliphatic carbocycles. The fourth-order valence-electron chi connectivity index (χ4n) is 5.29. The third-order valence-corrected chi connectivity index (χ3v) is 9.42. The van der Waals surface area contributed by atoms with Gasteiger partial charge in [-0.2, -0.15) is 9.40 Å². The number of nitrogens with one attached hydrogen (secondary N) is 1. The fraction of sp³-hybridized carbons (Fsp3) is 0.407. The van der Waals surface area contributed by atoms with Crippen molar-refractivity contribution in [2.75, 3.05) is 29.9 Å². The SMILES string of the molecule is Cc1ccc(NC(=O)C2CCCN(S(=O)(=O)c3c(C)nn(CC(=O)N4CCc5ccccc54)c3C)C2)nc1. The first-order valence-electron chi connectivity index (χ1n) is 12.8. The first-order chi connectivity index (χ1) is 18.1. The second kappa shape index (κ2) is 10.3. The summed E-state index contributed by atoms with van der Waals surface area (Å²) in [5.41, 5.74) is 3.76. The van der Waals surface area contributed by atoms with Gasteiger partial charge in [0.15, 0.2) is 0 Å². The van der Waals surface area contributed by atoms with Gasteiger partial charge in [-0.1, -0.05) is 24.3 Å². The van der Waals surface area contributed by atoms with Crippen LogP contribution in [-0.2, 0) is 32.6 Å². The Balaban J connectivity index is 1.31. The van der Waals surface area contributed by atoms with Crippen LogP contribution in [0.4, 0.5) is 11.5 Å². The number of rotatable bonds is 6. The minimum absolute atomic E-state index is 0.0505. The van der Waals surface area contributed by atoms with Crippen LogP contribution in [-0.4, -0.2) is 58.9 Å². The van der Waals surface area contributed by atoms with Gasteiger partial charge in [0.1, 0.15) is 17.3 Å². The maximum atomic E-state index is 13.7. The molecule has 4 heterocycles. The van der Waals surface area contributed by atoms with Gasteiger partial charge in [-0.25, -0.2) is 13.4 Å². The van der Waals surface area contributed by atoms with E-state index in [2.05, 4.69) is 15.4 Å². The zero-order chi connectivity index (χ0) is 27.0. The maximum Gasteiger partial charge on any atom is 0.248 e. The summed E-state index contributed by atoms with van der Waals surface area (Å²) in [5, 5.41) is 7.23. The first kappa shape index (κ1) is 26.1. The predicted octanol–water partition coefficient (Wildman–Crippen LogP) is 2.83. The third-order valence-electron chi connectivity index (χ3n) is 7.30. The zero-order valence-corrected chi connectivity index (χ0v) is 22.7. The Hall–Kier alpha value is -3.57. The average molecular weight is 537 g/mol. The average Bonchev–Trinajstić information content (AvgIpc) is 3.46. The number of fused-ring (bicyclic) bond motifs is 1. The number of aromatic nitrogens is 3. The molecule has 1 atom stereocenters. The molecule has 2 aromatic heterocycles. The van der Waals surface area contributed by atoms with Crippen molar-refractivity contribution in [2.24, 2.45) is 5.92 Å². The highest BCUT2D eigenvalue weighted by atomic mass is 32.2. The van der Waals surface area contributed by atoms with Crippen molar-refractivity contribution < 1.29 is 18.0 Å². The molecule has 38 heavy (non-hydrogen) atoms. The number of nitrogens with zero attached hydrogens (tertiary/aromatic N) is 5. The van der Waals surface area contributed by atoms with Crippen LogP contribution in [0.3, 0.4) is 0 Å². The van der Waals surface area contributed by atoms with E-state index in [1.165, 1.54) is 8.99 Å². The molecular weight excluding hydrogens is 504 g/mol. The van der Waals surface area contributed by atoms with Crippen molar-refractivity contribution in [3.63, 3.8) is 0 Å². The lowest BCUT2D eigenvalue weighted by Crippen LogP contribution is -2.44. The molecule has 2 aliphatic rings. The van der Waals surface area contributed by atoms with Crippen LogP contribution in [0, 0.1) is 26.7 Å². The van der Waals surface area contributed by atoms with E-state index in [-0.39, 0.29) is 29.8 Å². The van der Waals surface area contributed by atoms with Gasteiger partial charge in [0.05, 0.1) is 17.3 Å². The number of carbonyl (C=O) groups is 2. The number of hydrogen-bond donors (Lipinski definition) is 1. The Morgan fingerprint density at radius 3 is 2.63 bits per heavy atom. The summed E-state index contributed by atoms with van der Waals surface area (Å²) in [5.74, 6) is -0.432. The van der Waals surface area contributed by atoms with E-state index in [1.54, 1.807) is 31.0 Å². The molecular formula is C27H32N6O4S. The molecule has 5 rings (SSSR count). The summed E-state index contributed by atoms with van der Waals surface area (Å²) in [6, 6.07) is 11.4. The van der Waals surface area contributed by atoms with Gasteiger partial charge in [-0.05, 0) is 63.3 Å². The number of pyridine rings is 1. The molecule has 0 saturated carbocycles. The molecule has 0 bridgehead atoms. The van der Waals surface area contributed by atoms with Crippen molar-refractivity contribution >= 4 is 33.3 Å². The summed E-state index contributed by atoms with van der Waals surface area (Å²) in [7, 11) is -3.92. The summed E-state index contributed by atoms with van der Waals surface area (Å²) < 4.78 is 30.3. The van der Waals surface area contributed by atoms with E-state index in [1.807, 2.05) is 37.3 Å². The Labute approximate surface area is 222 Å². The van der Waals surface area contributed by atoms with Gasteiger partial charge in [0.25, 0.3) is 0 Å². The van der Waals surface area contributed by atoms with Crippen molar-refractivity contribution in [1.82, 2.24) is 19.1 Å². The van der Waals surface area contributed by atoms with Gasteiger partial charge in [-0.3, -0.25) is 14.3 Å². The van der Waals surface area contributed by atoms with Gasteiger partial charge in [0.2, 0.25) is 21.8 Å². The molecule has 1 N–H and O–H groups in total. The Morgan fingerprint density at radius 2 is 1.87 bits per heavy atom. The van der Waals surface area contributed by atoms with E-state index in [9.17, 15) is 18.0 Å². The van der Waals surface area contributed by atoms with Crippen LogP contribution in [0.2, 0.25) is 0 Å². The van der Waals surface area contributed by atoms with E-state index >= 15 is 0 Å². The van der Waals surface area contributed by atoms with Crippen LogP contribution in [0.15, 0.2) is 47.5 Å². The lowest BCUT2D eigenvalue weighted by atomic mass is 9.99. The van der Waals surface area contributed by atoms with Gasteiger partial charge < -0.3 is 10.2 Å². The summed E-state index contributed by atoms with van der Waals surface area (Å²) in [4.78, 5) is 32.1. The standard InChI is InChI=1S/C27H32N6O4S/c1-18-10-11-24(28-15-18)29-27(35)22-8-6-13-31(16-22)38(36,37)26-19(2)30-33(20(26)3)17-25(34)32-14-12-21-7-4-5-9-23(21)32/h4-5,7,9-11,15,22H,6,8,12-14,16-17H2,1-3H3,(H,28,29,35). The number of amides is 2. The lowest BCUT2D eigenvalue weighted by molar-refractivity contribution is -0.121. The Bertz CT molecular complexity index is 1480. The van der Waals surface area contributed by atoms with Crippen LogP contribution in [0.1, 0.15) is 35.4 Å². The number of aryl methyl sites for hydroxylation is 2. The molecule has 11 heteroatoms. The second-order valence-corrected chi connectivity index (χ2v) is 11.9. The van der Waals surface area contributed by atoms with Crippen LogP contribution in [0.5, 0.6) is 0 Å². The first-order valence-corrected chi connectivity index (χ1v) is 14.2. The minimum atomic E-state index is -3.92. The largest absolute Gasteiger partial charge is 0.310 e. The molecule has 1 saturated heterocycles. The number of para-hydroxylation sites is 1. The summed E-state index contributed by atoms with van der Waals surface area (Å²) in [6.45, 7) is 6.17. The van der Waals surface area contributed by atoms with Crippen molar-refractivity contribution in [2.45, 2.75) is 51.5 Å². The highest BCUT2D eigenvalue weighted by Crippen LogP contribution is 2.30. The molecule has 1 unspecified atom stereocenters. The van der Waals surface area contributed by atoms with E-state index in [0.29, 0.717) is 43.1 Å². The van der Waals surface area contributed by atoms with Crippen molar-refractivity contribution in [3.8, 4) is 0 Å². The highest BCUT2D eigenvalue weighted by molar-refractivity contribution is 7.89. The number of anilines is 2. The molecule has 0 radical (unpaired) electrons. The molecule has 200 valence electrons. The minimum Gasteiger partial charge on any atom is -0.310 e. The molecule has 1 fully saturated rings. The van der Waals surface area contributed by atoms with Gasteiger partial charge >= 0.3 is 0 Å². The molecule has 3 aromatic rings. The highest BCUT2D eigenvalue weighted by Gasteiger charge is 2.37. The van der Waals surface area contributed by atoms with Crippen LogP contribution < -0.4 is 10.2 Å². The molecule has 10 nitrogen and oxygen atoms in total. The maximum absolute atomic E-state index is 13.7. The van der Waals surface area contributed by atoms with E-state index in [0.717, 1.165) is 23.2 Å². The third kappa shape index (κ3) is 4.95. The van der Waals surface area contributed by atoms with Gasteiger partial charge in [0, 0.05) is 31.5 Å². The summed E-state index contributed by atoms with van der Waals surface area (Å²) in [6.07, 6.45) is 3.62. The van der Waals surface area contributed by atoms with Crippen LogP contribution in [0.25, 0.3) is 0 Å². The van der Waals surface area contributed by atoms with Gasteiger partial charge in [-0.15, -0.1) is 0 Å². The Morgan fingerprint density at radius 1 is 1.08 bits per heavy atom. The normalized spacial score (nSPS) is 17.9. The summed E-state index contributed by atoms with van der Waals surface area (Å²) >= 11 is 0. The monoisotopic (exact) mass is 536 g/mol. The quantitative estimate of drug-likeness (QED) is 0.518. The van der Waals surface area contributed by atoms with E-state index < -0.39 is 15.9 Å². The van der Waals surface area contributed by atoms with Crippen molar-refractivity contribution in [1.29, 1.82) is 0 Å². The Kier molecular flexibility index (Phi) is 7.06. The molecule has 0 spiro atoms. The van der Waals surface area contributed by atoms with Crippen molar-refractivity contribution in [3.05, 3.63) is 65.1 Å². The van der Waals surface area contributed by atoms with Crippen LogP contribution >= 0.6 is 0 Å². The molecule has 2 aliphatic heterocycles. The number of carbonyl (C=O) groups excluding carboxylic acids is 2. The number of sulfonamides is 1. The number of hydrogen-bond acceptors (Lipinski definition) is 6. The number of benzene rings is 1.